The fraction of sp³-hybridized carbons (Fsp3) is 0.0196. The van der Waals surface area contributed by atoms with Gasteiger partial charge in [0.05, 0.1) is 16.7 Å². The van der Waals surface area contributed by atoms with Gasteiger partial charge in [0.25, 0.3) is 0 Å². The minimum Gasteiger partial charge on any atom is -0.264 e. The predicted octanol–water partition coefficient (Wildman–Crippen LogP) is 12.6. The second-order valence-corrected chi connectivity index (χ2v) is 13.6. The third-order valence-corrected chi connectivity index (χ3v) is 10.0. The van der Waals surface area contributed by atoms with Crippen molar-refractivity contribution < 1.29 is 0 Å². The molecule has 0 bridgehead atoms. The van der Waals surface area contributed by atoms with E-state index < -0.39 is 0 Å². The van der Waals surface area contributed by atoms with Crippen molar-refractivity contribution in [3.05, 3.63) is 194 Å². The number of benzene rings is 6. The number of rotatable bonds is 9. The minimum absolute atomic E-state index is 0.539. The maximum absolute atomic E-state index is 5.18. The summed E-state index contributed by atoms with van der Waals surface area (Å²) in [5.41, 5.74) is 12.4. The Labute approximate surface area is 331 Å². The quantitative estimate of drug-likeness (QED) is 0.0839. The molecule has 9 aromatic rings. The van der Waals surface area contributed by atoms with Crippen molar-refractivity contribution in [3.8, 4) is 67.5 Å². The molecule has 6 aromatic carbocycles. The average Bonchev–Trinajstić information content (AvgIpc) is 3.29. The maximum atomic E-state index is 5.18. The summed E-state index contributed by atoms with van der Waals surface area (Å²) in [7, 11) is 0. The molecule has 0 aliphatic heterocycles. The molecule has 6 nitrogen and oxygen atoms in total. The fourth-order valence-corrected chi connectivity index (χ4v) is 7.15. The third-order valence-electron chi connectivity index (χ3n) is 10.0. The number of allylic oxidation sites excluding steroid dienone is 3. The van der Waals surface area contributed by atoms with Gasteiger partial charge < -0.3 is 0 Å². The number of pyridine rings is 2. The zero-order valence-corrected chi connectivity index (χ0v) is 31.3. The van der Waals surface area contributed by atoms with Crippen molar-refractivity contribution in [2.75, 3.05) is 0 Å². The number of fused-ring (bicyclic) bond motifs is 3. The number of hydrogen-bond acceptors (Lipinski definition) is 6. The Balaban J connectivity index is 1.25. The van der Waals surface area contributed by atoms with Crippen LogP contribution in [0.1, 0.15) is 12.5 Å². The van der Waals surface area contributed by atoms with Crippen molar-refractivity contribution in [1.82, 2.24) is 24.9 Å². The van der Waals surface area contributed by atoms with E-state index in [2.05, 4.69) is 121 Å². The first-order valence-corrected chi connectivity index (χ1v) is 18.8. The molecule has 0 unspecified atom stereocenters. The highest BCUT2D eigenvalue weighted by Gasteiger charge is 2.18. The van der Waals surface area contributed by atoms with Crippen LogP contribution in [0.2, 0.25) is 0 Å². The van der Waals surface area contributed by atoms with Crippen molar-refractivity contribution >= 4 is 34.2 Å². The second-order valence-electron chi connectivity index (χ2n) is 13.6. The molecule has 270 valence electrons. The fourth-order valence-electron chi connectivity index (χ4n) is 7.15. The van der Waals surface area contributed by atoms with Crippen LogP contribution in [0.5, 0.6) is 0 Å². The van der Waals surface area contributed by atoms with Gasteiger partial charge in [0, 0.05) is 45.4 Å². The monoisotopic (exact) mass is 732 g/mol. The van der Waals surface area contributed by atoms with E-state index in [0.29, 0.717) is 17.5 Å². The van der Waals surface area contributed by atoms with Crippen molar-refractivity contribution in [3.63, 3.8) is 0 Å². The highest BCUT2D eigenvalue weighted by molar-refractivity contribution is 6.10. The molecule has 0 saturated carbocycles. The standard InChI is InChI=1S/C51H36N6/c1-3-4-19-46(52-2)42-30-41(45-33-40-17-11-28-53-47(40)48-44(45)18-12-29-54-48)31-43(32-42)51-56-49(38-24-20-36(21-25-38)34-13-7-5-8-14-34)55-50(57-51)39-26-22-37(23-27-39)35-15-9-6-10-16-35/h3-33H,2H2,1H3/b4-3-,46-19-. The molecule has 9 rings (SSSR count). The Kier molecular flexibility index (Phi) is 9.57. The van der Waals surface area contributed by atoms with Crippen LogP contribution in [0.25, 0.3) is 95.0 Å². The number of hydrogen-bond donors (Lipinski definition) is 0. The lowest BCUT2D eigenvalue weighted by Crippen LogP contribution is -2.01. The van der Waals surface area contributed by atoms with Gasteiger partial charge in [0.1, 0.15) is 0 Å². The summed E-state index contributed by atoms with van der Waals surface area (Å²) in [5.74, 6) is 1.69. The van der Waals surface area contributed by atoms with Crippen LogP contribution < -0.4 is 0 Å². The molecular formula is C51H36N6. The summed E-state index contributed by atoms with van der Waals surface area (Å²) in [6.07, 6.45) is 9.53. The molecule has 0 N–H and O–H groups in total. The smallest absolute Gasteiger partial charge is 0.164 e. The van der Waals surface area contributed by atoms with Crippen molar-refractivity contribution in [1.29, 1.82) is 0 Å². The Morgan fingerprint density at radius 2 is 1.00 bits per heavy atom. The van der Waals surface area contributed by atoms with Crippen LogP contribution >= 0.6 is 0 Å². The summed E-state index contributed by atoms with van der Waals surface area (Å²) in [6, 6.07) is 54.1. The van der Waals surface area contributed by atoms with Crippen LogP contribution in [0.4, 0.5) is 0 Å². The van der Waals surface area contributed by atoms with Crippen molar-refractivity contribution in [2.45, 2.75) is 6.92 Å². The number of aromatic nitrogens is 5. The number of aliphatic imine (C=N–C) groups is 1. The predicted molar refractivity (Wildman–Crippen MR) is 235 cm³/mol. The molecule has 0 radical (unpaired) electrons. The Morgan fingerprint density at radius 1 is 0.491 bits per heavy atom. The lowest BCUT2D eigenvalue weighted by molar-refractivity contribution is 1.07. The Morgan fingerprint density at radius 3 is 1.58 bits per heavy atom. The minimum atomic E-state index is 0.539. The second kappa shape index (κ2) is 15.6. The maximum Gasteiger partial charge on any atom is 0.164 e. The SMILES string of the molecule is C=N/C(=C\C=C/C)c1cc(-c2nc(-c3ccc(-c4ccccc4)cc3)nc(-c3ccc(-c4ccccc4)cc3)n2)cc(-c2cc3cccnc3c3ncccc23)c1. The van der Waals surface area contributed by atoms with Gasteiger partial charge in [-0.2, -0.15) is 0 Å². The van der Waals surface area contributed by atoms with Crippen LogP contribution in [-0.4, -0.2) is 31.6 Å². The molecule has 6 heteroatoms. The van der Waals surface area contributed by atoms with E-state index in [1.165, 1.54) is 0 Å². The van der Waals surface area contributed by atoms with Crippen LogP contribution in [0.15, 0.2) is 193 Å². The average molecular weight is 733 g/mol. The molecule has 0 saturated heterocycles. The first-order valence-electron chi connectivity index (χ1n) is 18.8. The Hall–Kier alpha value is -7.70. The van der Waals surface area contributed by atoms with Gasteiger partial charge in [0.2, 0.25) is 0 Å². The van der Waals surface area contributed by atoms with Gasteiger partial charge in [-0.05, 0) is 89.5 Å². The first-order chi connectivity index (χ1) is 28.1. The van der Waals surface area contributed by atoms with Gasteiger partial charge in [-0.25, -0.2) is 15.0 Å². The van der Waals surface area contributed by atoms with Crippen molar-refractivity contribution in [2.24, 2.45) is 4.99 Å². The zero-order chi connectivity index (χ0) is 38.6. The van der Waals surface area contributed by atoms with E-state index in [1.807, 2.05) is 86.1 Å². The van der Waals surface area contributed by atoms with Gasteiger partial charge in [-0.15, -0.1) is 0 Å². The molecule has 0 aliphatic carbocycles. The summed E-state index contributed by atoms with van der Waals surface area (Å²) >= 11 is 0. The van der Waals surface area contributed by atoms with E-state index in [4.69, 9.17) is 24.9 Å². The molecule has 0 atom stereocenters. The lowest BCUT2D eigenvalue weighted by Gasteiger charge is -2.14. The largest absolute Gasteiger partial charge is 0.264 e. The Bertz CT molecular complexity index is 2850. The molecular weight excluding hydrogens is 697 g/mol. The molecule has 0 aliphatic rings. The van der Waals surface area contributed by atoms with Gasteiger partial charge in [-0.1, -0.05) is 133 Å². The number of nitrogens with zero attached hydrogens (tertiary/aromatic N) is 6. The van der Waals surface area contributed by atoms with Crippen LogP contribution in [0.3, 0.4) is 0 Å². The topological polar surface area (TPSA) is 76.8 Å². The van der Waals surface area contributed by atoms with Crippen LogP contribution in [-0.2, 0) is 0 Å². The van der Waals surface area contributed by atoms with E-state index in [-0.39, 0.29) is 0 Å². The molecule has 3 aromatic heterocycles. The van der Waals surface area contributed by atoms with E-state index in [9.17, 15) is 0 Å². The lowest BCUT2D eigenvalue weighted by atomic mass is 9.93. The summed E-state index contributed by atoms with van der Waals surface area (Å²) in [5, 5.41) is 1.99. The zero-order valence-electron chi connectivity index (χ0n) is 31.3. The van der Waals surface area contributed by atoms with Gasteiger partial charge >= 0.3 is 0 Å². The highest BCUT2D eigenvalue weighted by Crippen LogP contribution is 2.37. The van der Waals surface area contributed by atoms with E-state index >= 15 is 0 Å². The molecule has 0 amide bonds. The molecule has 0 spiro atoms. The van der Waals surface area contributed by atoms with Gasteiger partial charge in [-0.3, -0.25) is 15.0 Å². The van der Waals surface area contributed by atoms with Crippen LogP contribution in [0, 0.1) is 0 Å². The third kappa shape index (κ3) is 7.15. The molecule has 3 heterocycles. The summed E-state index contributed by atoms with van der Waals surface area (Å²) < 4.78 is 0. The highest BCUT2D eigenvalue weighted by atomic mass is 15.0. The summed E-state index contributed by atoms with van der Waals surface area (Å²) in [6.45, 7) is 5.92. The molecule has 57 heavy (non-hydrogen) atoms. The first kappa shape index (κ1) is 35.0. The summed E-state index contributed by atoms with van der Waals surface area (Å²) in [4.78, 5) is 29.4. The van der Waals surface area contributed by atoms with Gasteiger partial charge in [0.15, 0.2) is 17.5 Å². The van der Waals surface area contributed by atoms with E-state index in [0.717, 1.165) is 83.1 Å². The normalized spacial score (nSPS) is 11.7. The molecule has 0 fully saturated rings. The van der Waals surface area contributed by atoms with E-state index in [1.54, 1.807) is 0 Å².